The van der Waals surface area contributed by atoms with Crippen molar-refractivity contribution in [3.8, 4) is 0 Å². The molecule has 2 rings (SSSR count). The molecule has 0 aliphatic carbocycles. The van der Waals surface area contributed by atoms with Crippen LogP contribution in [0.3, 0.4) is 0 Å². The molecule has 1 aromatic rings. The number of hydrogen-bond donors (Lipinski definition) is 1. The molecule has 1 atom stereocenters. The van der Waals surface area contributed by atoms with Gasteiger partial charge in [0.05, 0.1) is 12.3 Å². The van der Waals surface area contributed by atoms with Crippen LogP contribution in [0.4, 0.5) is 4.79 Å². The Balaban J connectivity index is 1.82. The van der Waals surface area contributed by atoms with E-state index in [0.717, 1.165) is 31.7 Å². The Morgan fingerprint density at radius 1 is 1.63 bits per heavy atom. The molecule has 0 radical (unpaired) electrons. The Morgan fingerprint density at radius 3 is 3.21 bits per heavy atom. The van der Waals surface area contributed by atoms with Crippen molar-refractivity contribution in [3.63, 3.8) is 0 Å². The van der Waals surface area contributed by atoms with Gasteiger partial charge in [0, 0.05) is 44.5 Å². The maximum Gasteiger partial charge on any atom is 0.317 e. The summed E-state index contributed by atoms with van der Waals surface area (Å²) in [7, 11) is 0. The summed E-state index contributed by atoms with van der Waals surface area (Å²) >= 11 is 0. The second-order valence-electron chi connectivity index (χ2n) is 4.84. The van der Waals surface area contributed by atoms with Crippen LogP contribution in [0.1, 0.15) is 25.8 Å². The molecule has 6 heteroatoms. The average molecular weight is 266 g/mol. The molecular weight excluding hydrogens is 244 g/mol. The number of urea groups is 1. The standard InChI is InChI=1S/C13H22N4O2/c1-3-17-10-12(8-15-17)7-14-13(18)16-5-4-6-19-11(2)9-16/h8,10-11H,3-7,9H2,1-2H3,(H,14,18)/t11-/m0/s1. The molecule has 6 nitrogen and oxygen atoms in total. The summed E-state index contributed by atoms with van der Waals surface area (Å²) in [5.74, 6) is 0. The minimum absolute atomic E-state index is 0.0263. The first kappa shape index (κ1) is 13.9. The summed E-state index contributed by atoms with van der Waals surface area (Å²) in [6.07, 6.45) is 4.74. The van der Waals surface area contributed by atoms with E-state index in [1.807, 2.05) is 29.6 Å². The lowest BCUT2D eigenvalue weighted by atomic mass is 10.3. The highest BCUT2D eigenvalue weighted by Gasteiger charge is 2.19. The summed E-state index contributed by atoms with van der Waals surface area (Å²) in [5, 5.41) is 7.12. The van der Waals surface area contributed by atoms with Gasteiger partial charge in [0.15, 0.2) is 0 Å². The molecule has 1 fully saturated rings. The van der Waals surface area contributed by atoms with E-state index in [0.29, 0.717) is 13.1 Å². The third-order valence-electron chi connectivity index (χ3n) is 3.19. The largest absolute Gasteiger partial charge is 0.377 e. The molecule has 1 saturated heterocycles. The quantitative estimate of drug-likeness (QED) is 0.895. The van der Waals surface area contributed by atoms with E-state index >= 15 is 0 Å². The lowest BCUT2D eigenvalue weighted by molar-refractivity contribution is 0.0710. The fourth-order valence-electron chi connectivity index (χ4n) is 2.14. The second-order valence-corrected chi connectivity index (χ2v) is 4.84. The molecule has 0 bridgehead atoms. The molecule has 106 valence electrons. The molecule has 1 aliphatic rings. The number of ether oxygens (including phenoxy) is 1. The van der Waals surface area contributed by atoms with E-state index in [-0.39, 0.29) is 12.1 Å². The number of rotatable bonds is 3. The van der Waals surface area contributed by atoms with Crippen molar-refractivity contribution in [2.45, 2.75) is 39.5 Å². The van der Waals surface area contributed by atoms with Crippen molar-refractivity contribution in [3.05, 3.63) is 18.0 Å². The van der Waals surface area contributed by atoms with Crippen molar-refractivity contribution in [1.29, 1.82) is 0 Å². The Bertz CT molecular complexity index is 419. The molecule has 0 unspecified atom stereocenters. The zero-order valence-electron chi connectivity index (χ0n) is 11.6. The van der Waals surface area contributed by atoms with Crippen molar-refractivity contribution >= 4 is 6.03 Å². The van der Waals surface area contributed by atoms with Crippen LogP contribution in [-0.2, 0) is 17.8 Å². The maximum atomic E-state index is 12.1. The number of nitrogens with zero attached hydrogens (tertiary/aromatic N) is 3. The minimum Gasteiger partial charge on any atom is -0.377 e. The Kier molecular flexibility index (Phi) is 4.79. The van der Waals surface area contributed by atoms with Crippen molar-refractivity contribution in [2.24, 2.45) is 0 Å². The normalized spacial score (nSPS) is 20.1. The lowest BCUT2D eigenvalue weighted by Crippen LogP contribution is -2.42. The van der Waals surface area contributed by atoms with Crippen LogP contribution in [0.15, 0.2) is 12.4 Å². The van der Waals surface area contributed by atoms with E-state index in [4.69, 9.17) is 4.74 Å². The van der Waals surface area contributed by atoms with Crippen LogP contribution in [0.5, 0.6) is 0 Å². The SMILES string of the molecule is CCn1cc(CNC(=O)N2CCCO[C@@H](C)C2)cn1. The van der Waals surface area contributed by atoms with E-state index in [1.165, 1.54) is 0 Å². The van der Waals surface area contributed by atoms with Gasteiger partial charge in [0.25, 0.3) is 0 Å². The molecule has 1 N–H and O–H groups in total. The maximum absolute atomic E-state index is 12.1. The van der Waals surface area contributed by atoms with Crippen LogP contribution in [0.2, 0.25) is 0 Å². The van der Waals surface area contributed by atoms with Gasteiger partial charge in [-0.25, -0.2) is 4.79 Å². The fourth-order valence-corrected chi connectivity index (χ4v) is 2.14. The number of aromatic nitrogens is 2. The first-order valence-electron chi connectivity index (χ1n) is 6.84. The summed E-state index contributed by atoms with van der Waals surface area (Å²) in [6.45, 7) is 7.53. The number of nitrogens with one attached hydrogen (secondary N) is 1. The zero-order chi connectivity index (χ0) is 13.7. The third kappa shape index (κ3) is 3.96. The molecular formula is C13H22N4O2. The van der Waals surface area contributed by atoms with Crippen molar-refractivity contribution in [2.75, 3.05) is 19.7 Å². The van der Waals surface area contributed by atoms with Gasteiger partial charge < -0.3 is 15.0 Å². The highest BCUT2D eigenvalue weighted by atomic mass is 16.5. The number of carbonyl (C=O) groups excluding carboxylic acids is 1. The highest BCUT2D eigenvalue weighted by molar-refractivity contribution is 5.74. The van der Waals surface area contributed by atoms with Gasteiger partial charge in [-0.15, -0.1) is 0 Å². The lowest BCUT2D eigenvalue weighted by Gasteiger charge is -2.22. The summed E-state index contributed by atoms with van der Waals surface area (Å²) in [4.78, 5) is 13.9. The average Bonchev–Trinajstić information content (AvgIpc) is 2.76. The smallest absolute Gasteiger partial charge is 0.317 e. The second kappa shape index (κ2) is 6.56. The van der Waals surface area contributed by atoms with E-state index in [1.54, 1.807) is 6.20 Å². The first-order chi connectivity index (χ1) is 9.19. The van der Waals surface area contributed by atoms with Gasteiger partial charge in [0.1, 0.15) is 0 Å². The molecule has 19 heavy (non-hydrogen) atoms. The van der Waals surface area contributed by atoms with Crippen LogP contribution in [-0.4, -0.2) is 46.5 Å². The van der Waals surface area contributed by atoms with Crippen LogP contribution in [0, 0.1) is 0 Å². The van der Waals surface area contributed by atoms with Gasteiger partial charge in [-0.3, -0.25) is 4.68 Å². The van der Waals surface area contributed by atoms with Gasteiger partial charge in [0.2, 0.25) is 0 Å². The monoisotopic (exact) mass is 266 g/mol. The minimum atomic E-state index is -0.0263. The molecule has 1 aliphatic heterocycles. The van der Waals surface area contributed by atoms with E-state index < -0.39 is 0 Å². The Morgan fingerprint density at radius 2 is 2.47 bits per heavy atom. The molecule has 1 aromatic heterocycles. The summed E-state index contributed by atoms with van der Waals surface area (Å²) in [6, 6.07) is -0.0263. The van der Waals surface area contributed by atoms with Crippen LogP contribution >= 0.6 is 0 Å². The molecule has 2 amide bonds. The molecule has 0 saturated carbocycles. The van der Waals surface area contributed by atoms with Crippen molar-refractivity contribution in [1.82, 2.24) is 20.0 Å². The van der Waals surface area contributed by atoms with E-state index in [9.17, 15) is 4.79 Å². The molecule has 0 spiro atoms. The molecule has 2 heterocycles. The van der Waals surface area contributed by atoms with E-state index in [2.05, 4.69) is 10.4 Å². The predicted molar refractivity (Wildman–Crippen MR) is 71.7 cm³/mol. The van der Waals surface area contributed by atoms with Crippen LogP contribution < -0.4 is 5.32 Å². The third-order valence-corrected chi connectivity index (χ3v) is 3.19. The zero-order valence-corrected chi connectivity index (χ0v) is 11.6. The predicted octanol–water partition coefficient (Wildman–Crippen LogP) is 1.22. The number of aryl methyl sites for hydroxylation is 1. The number of hydrogen-bond acceptors (Lipinski definition) is 3. The summed E-state index contributed by atoms with van der Waals surface area (Å²) in [5.41, 5.74) is 1.02. The van der Waals surface area contributed by atoms with Gasteiger partial charge >= 0.3 is 6.03 Å². The number of amides is 2. The fraction of sp³-hybridized carbons (Fsp3) is 0.692. The molecule has 0 aromatic carbocycles. The van der Waals surface area contributed by atoms with Crippen LogP contribution in [0.25, 0.3) is 0 Å². The Hall–Kier alpha value is -1.56. The topological polar surface area (TPSA) is 59.4 Å². The summed E-state index contributed by atoms with van der Waals surface area (Å²) < 4.78 is 7.38. The van der Waals surface area contributed by atoms with Gasteiger partial charge in [-0.2, -0.15) is 5.10 Å². The van der Waals surface area contributed by atoms with Gasteiger partial charge in [-0.05, 0) is 20.3 Å². The van der Waals surface area contributed by atoms with Gasteiger partial charge in [-0.1, -0.05) is 0 Å². The Labute approximate surface area is 113 Å². The van der Waals surface area contributed by atoms with Crippen molar-refractivity contribution < 1.29 is 9.53 Å². The highest BCUT2D eigenvalue weighted by Crippen LogP contribution is 2.06. The first-order valence-corrected chi connectivity index (χ1v) is 6.84. The number of carbonyl (C=O) groups is 1.